The normalized spacial score (nSPS) is 16.0. The highest BCUT2D eigenvalue weighted by Gasteiger charge is 2.28. The van der Waals surface area contributed by atoms with Crippen LogP contribution in [0.1, 0.15) is 40.8 Å². The molecule has 0 radical (unpaired) electrons. The largest absolute Gasteiger partial charge is 0.453 e. The molecule has 1 fully saturated rings. The van der Waals surface area contributed by atoms with Crippen LogP contribution in [0.4, 0.5) is 4.39 Å². The minimum atomic E-state index is -0.357. The lowest BCUT2D eigenvalue weighted by atomic mass is 10.0. The number of furan rings is 1. The number of methoxy groups -OCH3 is 1. The second kappa shape index (κ2) is 8.66. The van der Waals surface area contributed by atoms with Gasteiger partial charge in [0.25, 0.3) is 5.91 Å². The van der Waals surface area contributed by atoms with Crippen molar-refractivity contribution in [1.82, 2.24) is 10.2 Å². The van der Waals surface area contributed by atoms with Crippen LogP contribution in [0.5, 0.6) is 0 Å². The minimum absolute atomic E-state index is 0.205. The Hall–Kier alpha value is -1.89. The van der Waals surface area contributed by atoms with Crippen LogP contribution >= 0.6 is 11.6 Å². The number of nitrogens with zero attached hydrogens (tertiary/aromatic N) is 1. The first kappa shape index (κ1) is 18.9. The van der Waals surface area contributed by atoms with Crippen LogP contribution in [0.2, 0.25) is 5.02 Å². The van der Waals surface area contributed by atoms with Crippen molar-refractivity contribution in [2.24, 2.45) is 0 Å². The van der Waals surface area contributed by atoms with Gasteiger partial charge in [-0.3, -0.25) is 9.69 Å². The zero-order valence-electron chi connectivity index (χ0n) is 14.6. The first-order valence-electron chi connectivity index (χ1n) is 8.64. The monoisotopic (exact) mass is 380 g/mol. The third kappa shape index (κ3) is 4.26. The zero-order chi connectivity index (χ0) is 18.5. The molecule has 3 rings (SSSR count). The number of likely N-dealkylation sites (tertiary alicyclic amines) is 1. The summed E-state index contributed by atoms with van der Waals surface area (Å²) in [7, 11) is 1.56. The molecular formula is C19H22ClFN2O3. The maximum atomic E-state index is 14.4. The van der Waals surface area contributed by atoms with Gasteiger partial charge in [0.1, 0.15) is 18.2 Å². The standard InChI is InChI=1S/C19H22ClFN2O3/c1-25-12-13-7-8-17(26-13)19(24)22-11-16(23-9-2-3-10-23)18-14(20)5-4-6-15(18)21/h4-8,16H,2-3,9-12H2,1H3,(H,22,24). The molecule has 5 nitrogen and oxygen atoms in total. The van der Waals surface area contributed by atoms with Crippen molar-refractivity contribution in [2.75, 3.05) is 26.7 Å². The van der Waals surface area contributed by atoms with E-state index in [9.17, 15) is 9.18 Å². The first-order chi connectivity index (χ1) is 12.6. The SMILES string of the molecule is COCc1ccc(C(=O)NCC(c2c(F)cccc2Cl)N2CCCC2)o1. The van der Waals surface area contributed by atoms with Crippen LogP contribution in [0.15, 0.2) is 34.7 Å². The quantitative estimate of drug-likeness (QED) is 0.794. The molecule has 1 unspecified atom stereocenters. The highest BCUT2D eigenvalue weighted by atomic mass is 35.5. The fourth-order valence-electron chi connectivity index (χ4n) is 3.29. The number of amides is 1. The van der Waals surface area contributed by atoms with E-state index in [0.29, 0.717) is 23.0 Å². The molecular weight excluding hydrogens is 359 g/mol. The van der Waals surface area contributed by atoms with E-state index in [0.717, 1.165) is 25.9 Å². The molecule has 1 saturated heterocycles. The van der Waals surface area contributed by atoms with Crippen LogP contribution in [0.25, 0.3) is 0 Å². The number of hydrogen-bond donors (Lipinski definition) is 1. The molecule has 1 aromatic carbocycles. The maximum absolute atomic E-state index is 14.4. The van der Waals surface area contributed by atoms with E-state index in [-0.39, 0.29) is 30.1 Å². The Morgan fingerprint density at radius 3 is 2.81 bits per heavy atom. The Morgan fingerprint density at radius 2 is 2.12 bits per heavy atom. The Morgan fingerprint density at radius 1 is 1.35 bits per heavy atom. The molecule has 2 aromatic rings. The van der Waals surface area contributed by atoms with Crippen molar-refractivity contribution in [1.29, 1.82) is 0 Å². The van der Waals surface area contributed by atoms with Gasteiger partial charge >= 0.3 is 0 Å². The fourth-order valence-corrected chi connectivity index (χ4v) is 3.58. The molecule has 0 bridgehead atoms. The lowest BCUT2D eigenvalue weighted by Gasteiger charge is -2.29. The maximum Gasteiger partial charge on any atom is 0.287 e. The van der Waals surface area contributed by atoms with Crippen molar-refractivity contribution in [3.8, 4) is 0 Å². The lowest BCUT2D eigenvalue weighted by molar-refractivity contribution is 0.0901. The van der Waals surface area contributed by atoms with Gasteiger partial charge in [0.2, 0.25) is 0 Å². The average molecular weight is 381 g/mol. The minimum Gasteiger partial charge on any atom is -0.453 e. The van der Waals surface area contributed by atoms with Crippen molar-refractivity contribution in [2.45, 2.75) is 25.5 Å². The summed E-state index contributed by atoms with van der Waals surface area (Å²) in [6.07, 6.45) is 2.10. The number of carbonyl (C=O) groups excluding carboxylic acids is 1. The molecule has 0 aliphatic carbocycles. The number of ether oxygens (including phenoxy) is 1. The van der Waals surface area contributed by atoms with Crippen LogP contribution in [-0.4, -0.2) is 37.6 Å². The van der Waals surface area contributed by atoms with Gasteiger partial charge in [-0.05, 0) is 50.2 Å². The van der Waals surface area contributed by atoms with E-state index in [1.165, 1.54) is 6.07 Å². The van der Waals surface area contributed by atoms with Crippen molar-refractivity contribution >= 4 is 17.5 Å². The van der Waals surface area contributed by atoms with Gasteiger partial charge in [-0.15, -0.1) is 0 Å². The van der Waals surface area contributed by atoms with Crippen molar-refractivity contribution in [3.63, 3.8) is 0 Å². The smallest absolute Gasteiger partial charge is 0.287 e. The highest BCUT2D eigenvalue weighted by Crippen LogP contribution is 2.32. The Balaban J connectivity index is 1.74. The number of benzene rings is 1. The summed E-state index contributed by atoms with van der Waals surface area (Å²) in [5.41, 5.74) is 0.427. The molecule has 1 aromatic heterocycles. The number of carbonyl (C=O) groups is 1. The number of rotatable bonds is 7. The van der Waals surface area contributed by atoms with Crippen LogP contribution in [-0.2, 0) is 11.3 Å². The molecule has 0 saturated carbocycles. The van der Waals surface area contributed by atoms with E-state index in [4.69, 9.17) is 20.8 Å². The summed E-state index contributed by atoms with van der Waals surface area (Å²) in [6, 6.07) is 7.64. The Kier molecular flexibility index (Phi) is 6.29. The van der Waals surface area contributed by atoms with Gasteiger partial charge in [-0.2, -0.15) is 0 Å². The van der Waals surface area contributed by atoms with Gasteiger partial charge < -0.3 is 14.5 Å². The molecule has 1 aliphatic rings. The van der Waals surface area contributed by atoms with Gasteiger partial charge in [0.15, 0.2) is 5.76 Å². The lowest BCUT2D eigenvalue weighted by Crippen LogP contribution is -2.37. The molecule has 7 heteroatoms. The van der Waals surface area contributed by atoms with Crippen LogP contribution in [0, 0.1) is 5.82 Å². The van der Waals surface area contributed by atoms with Gasteiger partial charge in [-0.25, -0.2) is 4.39 Å². The van der Waals surface area contributed by atoms with Gasteiger partial charge in [0, 0.05) is 24.2 Å². The zero-order valence-corrected chi connectivity index (χ0v) is 15.4. The van der Waals surface area contributed by atoms with Crippen molar-refractivity contribution < 1.29 is 18.3 Å². The van der Waals surface area contributed by atoms with E-state index in [1.807, 2.05) is 0 Å². The molecule has 1 N–H and O–H groups in total. The number of nitrogens with one attached hydrogen (secondary N) is 1. The second-order valence-corrected chi connectivity index (χ2v) is 6.71. The second-order valence-electron chi connectivity index (χ2n) is 6.30. The predicted octanol–water partition coefficient (Wildman–Crippen LogP) is 3.79. The van der Waals surface area contributed by atoms with Gasteiger partial charge in [-0.1, -0.05) is 17.7 Å². The number of halogens is 2. The average Bonchev–Trinajstić information content (AvgIpc) is 3.29. The van der Waals surface area contributed by atoms with Gasteiger partial charge in [0.05, 0.1) is 6.04 Å². The molecule has 2 heterocycles. The third-order valence-corrected chi connectivity index (χ3v) is 4.87. The molecule has 0 spiro atoms. The Bertz CT molecular complexity index is 739. The van der Waals surface area contributed by atoms with Crippen LogP contribution < -0.4 is 5.32 Å². The summed E-state index contributed by atoms with van der Waals surface area (Å²) >= 11 is 6.26. The van der Waals surface area contributed by atoms with E-state index in [1.54, 1.807) is 31.4 Å². The Labute approximate surface area is 157 Å². The summed E-state index contributed by atoms with van der Waals surface area (Å²) < 4.78 is 24.9. The van der Waals surface area contributed by atoms with Crippen molar-refractivity contribution in [3.05, 3.63) is 58.3 Å². The van der Waals surface area contributed by atoms with E-state index in [2.05, 4.69) is 10.2 Å². The van der Waals surface area contributed by atoms with E-state index < -0.39 is 0 Å². The molecule has 26 heavy (non-hydrogen) atoms. The third-order valence-electron chi connectivity index (χ3n) is 4.54. The molecule has 140 valence electrons. The highest BCUT2D eigenvalue weighted by molar-refractivity contribution is 6.31. The summed E-state index contributed by atoms with van der Waals surface area (Å²) in [4.78, 5) is 14.5. The summed E-state index contributed by atoms with van der Waals surface area (Å²) in [6.45, 7) is 2.25. The molecule has 1 amide bonds. The predicted molar refractivity (Wildman–Crippen MR) is 96.7 cm³/mol. The topological polar surface area (TPSA) is 54.7 Å². The summed E-state index contributed by atoms with van der Waals surface area (Å²) in [5.74, 6) is 0.0794. The van der Waals surface area contributed by atoms with Crippen LogP contribution in [0.3, 0.4) is 0 Å². The first-order valence-corrected chi connectivity index (χ1v) is 9.01. The molecule has 1 atom stereocenters. The molecule has 1 aliphatic heterocycles. The number of hydrogen-bond acceptors (Lipinski definition) is 4. The van der Waals surface area contributed by atoms with E-state index >= 15 is 0 Å². The fraction of sp³-hybridized carbons (Fsp3) is 0.421. The summed E-state index contributed by atoms with van der Waals surface area (Å²) in [5, 5.41) is 3.22.